The molecule has 0 aliphatic heterocycles. The van der Waals surface area contributed by atoms with Crippen LogP contribution in [-0.4, -0.2) is 9.97 Å². The number of nitrogens with zero attached hydrogens (tertiary/aromatic N) is 2. The summed E-state index contributed by atoms with van der Waals surface area (Å²) in [6.45, 7) is 0. The topological polar surface area (TPSA) is 25.8 Å². The van der Waals surface area contributed by atoms with Gasteiger partial charge >= 0.3 is 0 Å². The zero-order valence-corrected chi connectivity index (χ0v) is 33.2. The first-order chi connectivity index (χ1) is 30.2. The third kappa shape index (κ3) is 4.91. The summed E-state index contributed by atoms with van der Waals surface area (Å²) in [6.07, 6.45) is 1.82. The molecule has 9 aromatic carbocycles. The normalized spacial score (nSPS) is 13.0. The minimum absolute atomic E-state index is 0.350. The summed E-state index contributed by atoms with van der Waals surface area (Å²) in [6, 6.07) is 78.0. The van der Waals surface area contributed by atoms with E-state index in [1.54, 1.807) is 0 Å². The third-order valence-corrected chi connectivity index (χ3v) is 13.3. The maximum absolute atomic E-state index is 4.95. The van der Waals surface area contributed by atoms with Crippen LogP contribution in [0.1, 0.15) is 22.3 Å². The molecule has 2 heterocycles. The summed E-state index contributed by atoms with van der Waals surface area (Å²) in [5, 5.41) is 6.13. The zero-order valence-electron chi connectivity index (χ0n) is 33.2. The largest absolute Gasteiger partial charge is 0.255 e. The maximum Gasteiger partial charge on any atom is 0.0900 e. The summed E-state index contributed by atoms with van der Waals surface area (Å²) >= 11 is 0. The van der Waals surface area contributed by atoms with Gasteiger partial charge in [0.25, 0.3) is 0 Å². The monoisotopic (exact) mass is 772 g/mol. The summed E-state index contributed by atoms with van der Waals surface area (Å²) < 4.78 is 0. The molecule has 0 saturated carbocycles. The van der Waals surface area contributed by atoms with Crippen molar-refractivity contribution in [1.82, 2.24) is 9.97 Å². The first-order valence-corrected chi connectivity index (χ1v) is 21.1. The van der Waals surface area contributed by atoms with Gasteiger partial charge in [0.05, 0.1) is 22.3 Å². The molecular formula is C59H36N2. The molecule has 2 aliphatic rings. The predicted octanol–water partition coefficient (Wildman–Crippen LogP) is 14.9. The van der Waals surface area contributed by atoms with Crippen molar-refractivity contribution < 1.29 is 0 Å². The maximum atomic E-state index is 4.95. The quantitative estimate of drug-likeness (QED) is 0.167. The molecule has 0 unspecified atom stereocenters. The van der Waals surface area contributed by atoms with Gasteiger partial charge in [0.2, 0.25) is 0 Å². The Morgan fingerprint density at radius 1 is 0.311 bits per heavy atom. The number of aromatic nitrogens is 2. The van der Waals surface area contributed by atoms with Crippen molar-refractivity contribution in [1.29, 1.82) is 0 Å². The highest BCUT2D eigenvalue weighted by Crippen LogP contribution is 2.64. The highest BCUT2D eigenvalue weighted by molar-refractivity contribution is 6.10. The van der Waals surface area contributed by atoms with Crippen molar-refractivity contribution in [3.63, 3.8) is 0 Å². The second-order valence-corrected chi connectivity index (χ2v) is 16.4. The van der Waals surface area contributed by atoms with E-state index in [0.717, 1.165) is 33.4 Å². The van der Waals surface area contributed by atoms with Crippen LogP contribution in [0.5, 0.6) is 0 Å². The molecule has 0 saturated heterocycles. The summed E-state index contributed by atoms with van der Waals surface area (Å²) in [5.74, 6) is 0. The van der Waals surface area contributed by atoms with Crippen LogP contribution in [0.3, 0.4) is 0 Å². The van der Waals surface area contributed by atoms with Crippen LogP contribution in [0.15, 0.2) is 219 Å². The Balaban J connectivity index is 0.879. The molecule has 2 aromatic heterocycles. The van der Waals surface area contributed by atoms with Crippen LogP contribution in [-0.2, 0) is 5.41 Å². The Hall–Kier alpha value is -7.94. The summed E-state index contributed by atoms with van der Waals surface area (Å²) in [5.41, 5.74) is 20.4. The van der Waals surface area contributed by atoms with E-state index in [1.165, 1.54) is 88.3 Å². The predicted molar refractivity (Wildman–Crippen MR) is 253 cm³/mol. The van der Waals surface area contributed by atoms with Gasteiger partial charge in [-0.1, -0.05) is 176 Å². The molecular weight excluding hydrogens is 737 g/mol. The Bertz CT molecular complexity index is 3540. The molecule has 0 N–H and O–H groups in total. The minimum Gasteiger partial charge on any atom is -0.255 e. The molecule has 0 amide bonds. The van der Waals surface area contributed by atoms with E-state index in [-0.39, 0.29) is 5.41 Å². The molecule has 282 valence electrons. The highest BCUT2D eigenvalue weighted by Gasteiger charge is 2.51. The van der Waals surface area contributed by atoms with Crippen molar-refractivity contribution in [2.24, 2.45) is 0 Å². The summed E-state index contributed by atoms with van der Waals surface area (Å²) in [4.78, 5) is 9.54. The van der Waals surface area contributed by atoms with Crippen LogP contribution >= 0.6 is 0 Å². The lowest BCUT2D eigenvalue weighted by atomic mass is 9.70. The van der Waals surface area contributed by atoms with Crippen molar-refractivity contribution in [2.45, 2.75) is 5.41 Å². The number of para-hydroxylation sites is 1. The lowest BCUT2D eigenvalue weighted by Gasteiger charge is -2.30. The van der Waals surface area contributed by atoms with Gasteiger partial charge in [-0.3, -0.25) is 4.98 Å². The number of hydrogen-bond donors (Lipinski definition) is 0. The van der Waals surface area contributed by atoms with Gasteiger partial charge in [-0.25, -0.2) is 4.98 Å². The molecule has 11 aromatic rings. The van der Waals surface area contributed by atoms with Gasteiger partial charge in [0.15, 0.2) is 0 Å². The van der Waals surface area contributed by atoms with Gasteiger partial charge < -0.3 is 0 Å². The fourth-order valence-corrected chi connectivity index (χ4v) is 10.7. The van der Waals surface area contributed by atoms with Crippen LogP contribution in [0.2, 0.25) is 0 Å². The molecule has 2 heteroatoms. The molecule has 2 aliphatic carbocycles. The minimum atomic E-state index is -0.350. The third-order valence-electron chi connectivity index (χ3n) is 13.3. The standard InChI is InChI=1S/C59H36N2/c1-5-17-51-46(12-1)47-13-2-6-18-52(47)59(51)53-19-7-3-15-49(53)58-45(16-11-20-54(58)59)42-30-32-44-41(35-42)28-27-40-34-39(29-31-43(40)44)37-23-25-38(26-24-37)50-36-57(56-22-9-10-33-60-56)61-55-21-8-4-14-48(50)55/h1-36H. The Morgan fingerprint density at radius 3 is 1.59 bits per heavy atom. The fraction of sp³-hybridized carbons (Fsp3) is 0.0169. The Morgan fingerprint density at radius 2 is 0.869 bits per heavy atom. The van der Waals surface area contributed by atoms with E-state index in [0.29, 0.717) is 0 Å². The van der Waals surface area contributed by atoms with Gasteiger partial charge in [-0.2, -0.15) is 0 Å². The van der Waals surface area contributed by atoms with E-state index in [1.807, 2.05) is 30.5 Å². The molecule has 0 fully saturated rings. The molecule has 61 heavy (non-hydrogen) atoms. The van der Waals surface area contributed by atoms with E-state index in [9.17, 15) is 0 Å². The van der Waals surface area contributed by atoms with Crippen molar-refractivity contribution in [3.05, 3.63) is 241 Å². The first kappa shape index (κ1) is 34.0. The molecule has 2 nitrogen and oxygen atoms in total. The van der Waals surface area contributed by atoms with Gasteiger partial charge in [-0.15, -0.1) is 0 Å². The van der Waals surface area contributed by atoms with Crippen molar-refractivity contribution in [3.8, 4) is 67.0 Å². The van der Waals surface area contributed by atoms with Crippen LogP contribution in [0.4, 0.5) is 0 Å². The Labute approximate surface area is 354 Å². The fourth-order valence-electron chi connectivity index (χ4n) is 10.7. The average molecular weight is 773 g/mol. The Kier molecular flexibility index (Phi) is 7.26. The second kappa shape index (κ2) is 13.0. The van der Waals surface area contributed by atoms with Gasteiger partial charge in [0.1, 0.15) is 0 Å². The number of fused-ring (bicyclic) bond motifs is 14. The smallest absolute Gasteiger partial charge is 0.0900 e. The molecule has 0 bridgehead atoms. The van der Waals surface area contributed by atoms with Crippen LogP contribution in [0, 0.1) is 0 Å². The SMILES string of the molecule is c1ccc(-c2cc(-c3ccc(-c4ccc5c(ccc6cc(-c7cccc8c7-c7ccccc7C87c8ccccc8-c8ccccc87)ccc65)c4)cc3)c3ccccc3n2)nc1. The number of hydrogen-bond acceptors (Lipinski definition) is 2. The lowest BCUT2D eigenvalue weighted by Crippen LogP contribution is -2.25. The molecule has 0 atom stereocenters. The zero-order chi connectivity index (χ0) is 40.1. The van der Waals surface area contributed by atoms with E-state index in [2.05, 4.69) is 193 Å². The van der Waals surface area contributed by atoms with Crippen molar-refractivity contribution >= 4 is 32.4 Å². The van der Waals surface area contributed by atoms with Gasteiger partial charge in [-0.05, 0) is 136 Å². The molecule has 13 rings (SSSR count). The van der Waals surface area contributed by atoms with E-state index >= 15 is 0 Å². The van der Waals surface area contributed by atoms with E-state index in [4.69, 9.17) is 4.98 Å². The number of pyridine rings is 2. The molecule has 1 spiro atoms. The molecule has 0 radical (unpaired) electrons. The summed E-state index contributed by atoms with van der Waals surface area (Å²) in [7, 11) is 0. The van der Waals surface area contributed by atoms with Gasteiger partial charge in [0, 0.05) is 11.6 Å². The first-order valence-electron chi connectivity index (χ1n) is 21.1. The van der Waals surface area contributed by atoms with Crippen LogP contribution < -0.4 is 0 Å². The number of benzene rings is 9. The van der Waals surface area contributed by atoms with Crippen molar-refractivity contribution in [2.75, 3.05) is 0 Å². The average Bonchev–Trinajstić information content (AvgIpc) is 3.81. The van der Waals surface area contributed by atoms with E-state index < -0.39 is 0 Å². The van der Waals surface area contributed by atoms with Crippen LogP contribution in [0.25, 0.3) is 99.5 Å². The lowest BCUT2D eigenvalue weighted by molar-refractivity contribution is 0.794. The highest BCUT2D eigenvalue weighted by atomic mass is 14.8. The number of rotatable bonds is 4. The second-order valence-electron chi connectivity index (χ2n) is 16.4.